The van der Waals surface area contributed by atoms with Crippen LogP contribution in [0.5, 0.6) is 5.75 Å². The average molecular weight is 460 g/mol. The van der Waals surface area contributed by atoms with Gasteiger partial charge in [-0.25, -0.2) is 4.79 Å². The lowest BCUT2D eigenvalue weighted by atomic mass is 9.73. The average Bonchev–Trinajstić information content (AvgIpc) is 2.70. The SMILES string of the molecule is COc1ccc(CN(CC(C)(C)CC(C)(C)CC(=O)Cl)C(=O)OCc2ccccc2)cc1. The van der Waals surface area contributed by atoms with Gasteiger partial charge in [-0.15, -0.1) is 0 Å². The minimum Gasteiger partial charge on any atom is -0.497 e. The van der Waals surface area contributed by atoms with Crippen LogP contribution in [0.25, 0.3) is 0 Å². The standard InChI is InChI=1S/C26H34ClNO4/c1-25(2,15-23(27)29)18-26(3,4)19-28(16-20-11-13-22(31-5)14-12-20)24(30)32-17-21-9-7-6-8-10-21/h6-14H,15-19H2,1-5H3. The van der Waals surface area contributed by atoms with Gasteiger partial charge in [-0.2, -0.15) is 0 Å². The van der Waals surface area contributed by atoms with Crippen molar-refractivity contribution in [1.29, 1.82) is 0 Å². The summed E-state index contributed by atoms with van der Waals surface area (Å²) in [5.41, 5.74) is 1.38. The van der Waals surface area contributed by atoms with Crippen molar-refractivity contribution in [3.05, 3.63) is 65.7 Å². The Morgan fingerprint density at radius 3 is 2.09 bits per heavy atom. The monoisotopic (exact) mass is 459 g/mol. The van der Waals surface area contributed by atoms with Gasteiger partial charge in [0.2, 0.25) is 5.24 Å². The number of rotatable bonds is 11. The Morgan fingerprint density at radius 1 is 0.906 bits per heavy atom. The molecule has 6 heteroatoms. The van der Waals surface area contributed by atoms with Crippen LogP contribution >= 0.6 is 11.6 Å². The fourth-order valence-corrected chi connectivity index (χ4v) is 4.62. The van der Waals surface area contributed by atoms with Gasteiger partial charge in [0.1, 0.15) is 12.4 Å². The molecule has 0 radical (unpaired) electrons. The van der Waals surface area contributed by atoms with E-state index in [4.69, 9.17) is 21.1 Å². The number of halogens is 1. The van der Waals surface area contributed by atoms with E-state index in [1.165, 1.54) is 0 Å². The number of ether oxygens (including phenoxy) is 2. The van der Waals surface area contributed by atoms with Gasteiger partial charge in [0.25, 0.3) is 0 Å². The molecule has 0 bridgehead atoms. The minimum absolute atomic E-state index is 0.214. The van der Waals surface area contributed by atoms with E-state index in [1.807, 2.05) is 68.4 Å². The fraction of sp³-hybridized carbons (Fsp3) is 0.462. The topological polar surface area (TPSA) is 55.8 Å². The summed E-state index contributed by atoms with van der Waals surface area (Å²) < 4.78 is 10.9. The van der Waals surface area contributed by atoms with Gasteiger partial charge >= 0.3 is 6.09 Å². The van der Waals surface area contributed by atoms with E-state index in [1.54, 1.807) is 12.0 Å². The number of benzene rings is 2. The Hall–Kier alpha value is -2.53. The number of hydrogen-bond donors (Lipinski definition) is 0. The van der Waals surface area contributed by atoms with E-state index < -0.39 is 0 Å². The Kier molecular flexibility index (Phi) is 9.14. The number of amides is 1. The van der Waals surface area contributed by atoms with Crippen molar-refractivity contribution in [3.8, 4) is 5.75 Å². The second kappa shape index (κ2) is 11.4. The second-order valence-corrected chi connectivity index (χ2v) is 10.2. The number of methoxy groups -OCH3 is 1. The summed E-state index contributed by atoms with van der Waals surface area (Å²) in [5, 5.41) is -0.344. The van der Waals surface area contributed by atoms with Crippen LogP contribution in [0, 0.1) is 10.8 Å². The summed E-state index contributed by atoms with van der Waals surface area (Å²) in [5.74, 6) is 0.764. The molecule has 0 aliphatic heterocycles. The van der Waals surface area contributed by atoms with E-state index in [-0.39, 0.29) is 35.2 Å². The number of carbonyl (C=O) groups is 2. The minimum atomic E-state index is -0.371. The van der Waals surface area contributed by atoms with Crippen molar-refractivity contribution in [2.24, 2.45) is 10.8 Å². The van der Waals surface area contributed by atoms with Gasteiger partial charge in [0.05, 0.1) is 7.11 Å². The zero-order chi connectivity index (χ0) is 23.8. The Bertz CT molecular complexity index is 878. The lowest BCUT2D eigenvalue weighted by molar-refractivity contribution is -0.113. The summed E-state index contributed by atoms with van der Waals surface area (Å²) in [7, 11) is 1.62. The molecule has 0 N–H and O–H groups in total. The van der Waals surface area contributed by atoms with Crippen molar-refractivity contribution in [2.45, 2.75) is 53.7 Å². The van der Waals surface area contributed by atoms with Crippen LogP contribution in [0.2, 0.25) is 0 Å². The first-order chi connectivity index (χ1) is 15.0. The largest absolute Gasteiger partial charge is 0.497 e. The third kappa shape index (κ3) is 8.91. The number of hydrogen-bond acceptors (Lipinski definition) is 4. The number of nitrogens with zero attached hydrogens (tertiary/aromatic N) is 1. The summed E-state index contributed by atoms with van der Waals surface area (Å²) in [6.07, 6.45) is 0.641. The van der Waals surface area contributed by atoms with Gasteiger partial charge < -0.3 is 14.4 Å². The first kappa shape index (κ1) is 25.7. The maximum Gasteiger partial charge on any atom is 0.410 e. The van der Waals surface area contributed by atoms with Crippen molar-refractivity contribution in [1.82, 2.24) is 4.90 Å². The van der Waals surface area contributed by atoms with E-state index in [0.29, 0.717) is 13.1 Å². The smallest absolute Gasteiger partial charge is 0.410 e. The Balaban J connectivity index is 2.15. The molecule has 0 aliphatic carbocycles. The zero-order valence-electron chi connectivity index (χ0n) is 19.7. The van der Waals surface area contributed by atoms with Gasteiger partial charge in [-0.05, 0) is 52.1 Å². The van der Waals surface area contributed by atoms with Crippen molar-refractivity contribution in [2.75, 3.05) is 13.7 Å². The summed E-state index contributed by atoms with van der Waals surface area (Å²) >= 11 is 5.65. The molecule has 2 aromatic carbocycles. The van der Waals surface area contributed by atoms with Crippen LogP contribution in [-0.2, 0) is 22.7 Å². The second-order valence-electron chi connectivity index (χ2n) is 9.78. The lowest BCUT2D eigenvalue weighted by Gasteiger charge is -2.37. The lowest BCUT2D eigenvalue weighted by Crippen LogP contribution is -2.40. The van der Waals surface area contributed by atoms with Crippen LogP contribution in [-0.4, -0.2) is 29.9 Å². The maximum absolute atomic E-state index is 13.1. The van der Waals surface area contributed by atoms with Crippen molar-refractivity contribution in [3.63, 3.8) is 0 Å². The van der Waals surface area contributed by atoms with E-state index in [9.17, 15) is 9.59 Å². The normalized spacial score (nSPS) is 11.7. The first-order valence-corrected chi connectivity index (χ1v) is 11.1. The van der Waals surface area contributed by atoms with Gasteiger partial charge in [-0.3, -0.25) is 4.79 Å². The van der Waals surface area contributed by atoms with E-state index in [2.05, 4.69) is 13.8 Å². The highest BCUT2D eigenvalue weighted by molar-refractivity contribution is 6.63. The van der Waals surface area contributed by atoms with Gasteiger partial charge in [-0.1, -0.05) is 70.2 Å². The fourth-order valence-electron chi connectivity index (χ4n) is 4.25. The highest BCUT2D eigenvalue weighted by Crippen LogP contribution is 2.37. The first-order valence-electron chi connectivity index (χ1n) is 10.8. The quantitative estimate of drug-likeness (QED) is 0.363. The molecule has 2 rings (SSSR count). The van der Waals surface area contributed by atoms with E-state index >= 15 is 0 Å². The molecule has 32 heavy (non-hydrogen) atoms. The molecule has 0 spiro atoms. The third-order valence-electron chi connectivity index (χ3n) is 5.19. The molecule has 0 heterocycles. The molecule has 0 atom stereocenters. The molecule has 174 valence electrons. The Labute approximate surface area is 196 Å². The van der Waals surface area contributed by atoms with Gasteiger partial charge in [0.15, 0.2) is 0 Å². The molecule has 0 unspecified atom stereocenters. The van der Waals surface area contributed by atoms with Crippen LogP contribution in [0.3, 0.4) is 0 Å². The molecular weight excluding hydrogens is 426 g/mol. The van der Waals surface area contributed by atoms with Crippen molar-refractivity contribution >= 4 is 22.9 Å². The predicted molar refractivity (Wildman–Crippen MR) is 128 cm³/mol. The summed E-state index contributed by atoms with van der Waals surface area (Å²) in [6, 6.07) is 17.3. The van der Waals surface area contributed by atoms with Crippen LogP contribution < -0.4 is 4.74 Å². The molecule has 0 saturated heterocycles. The summed E-state index contributed by atoms with van der Waals surface area (Å²) in [4.78, 5) is 26.3. The predicted octanol–water partition coefficient (Wildman–Crippen LogP) is 6.43. The van der Waals surface area contributed by atoms with Gasteiger partial charge in [0, 0.05) is 19.5 Å². The molecule has 0 aromatic heterocycles. The third-order valence-corrected chi connectivity index (χ3v) is 5.32. The van der Waals surface area contributed by atoms with Crippen molar-refractivity contribution < 1.29 is 19.1 Å². The van der Waals surface area contributed by atoms with Crippen LogP contribution in [0.1, 0.15) is 51.7 Å². The van der Waals surface area contributed by atoms with Crippen LogP contribution in [0.15, 0.2) is 54.6 Å². The van der Waals surface area contributed by atoms with E-state index in [0.717, 1.165) is 23.3 Å². The molecular formula is C26H34ClNO4. The molecule has 1 amide bonds. The maximum atomic E-state index is 13.1. The molecule has 0 aliphatic rings. The molecule has 5 nitrogen and oxygen atoms in total. The number of carbonyl (C=O) groups excluding carboxylic acids is 2. The van der Waals surface area contributed by atoms with Crippen LogP contribution in [0.4, 0.5) is 4.79 Å². The Morgan fingerprint density at radius 2 is 1.53 bits per heavy atom. The highest BCUT2D eigenvalue weighted by atomic mass is 35.5. The zero-order valence-corrected chi connectivity index (χ0v) is 20.4. The highest BCUT2D eigenvalue weighted by Gasteiger charge is 2.33. The molecule has 0 fully saturated rings. The molecule has 2 aromatic rings. The molecule has 0 saturated carbocycles. The summed E-state index contributed by atoms with van der Waals surface area (Å²) in [6.45, 7) is 9.35.